The molecule has 0 aliphatic carbocycles. The fraction of sp³-hybridized carbons (Fsp3) is 0.222. The van der Waals surface area contributed by atoms with E-state index < -0.39 is 16.8 Å². The van der Waals surface area contributed by atoms with Gasteiger partial charge in [-0.25, -0.2) is 4.79 Å². The molecule has 1 amide bonds. The third kappa shape index (κ3) is 5.25. The zero-order chi connectivity index (χ0) is 19.8. The lowest BCUT2D eigenvalue weighted by Gasteiger charge is -2.12. The van der Waals surface area contributed by atoms with Gasteiger partial charge >= 0.3 is 5.97 Å². The SMILES string of the molecule is COCCNc1ccc([N+](=O)[O-])cc1C(=O)Nc1cccc(C(=O)OC)c1. The lowest BCUT2D eigenvalue weighted by Crippen LogP contribution is -2.17. The second kappa shape index (κ2) is 9.30. The van der Waals surface area contributed by atoms with Crippen LogP contribution in [0.4, 0.5) is 17.1 Å². The highest BCUT2D eigenvalue weighted by Gasteiger charge is 2.17. The van der Waals surface area contributed by atoms with Gasteiger partial charge in [-0.05, 0) is 24.3 Å². The Bertz CT molecular complexity index is 853. The molecule has 9 heteroatoms. The second-order valence-corrected chi connectivity index (χ2v) is 5.43. The Morgan fingerprint density at radius 3 is 2.59 bits per heavy atom. The fourth-order valence-electron chi connectivity index (χ4n) is 2.32. The minimum atomic E-state index is -0.576. The number of nitrogens with one attached hydrogen (secondary N) is 2. The molecule has 2 N–H and O–H groups in total. The van der Waals surface area contributed by atoms with Gasteiger partial charge in [0.15, 0.2) is 0 Å². The minimum Gasteiger partial charge on any atom is -0.465 e. The van der Waals surface area contributed by atoms with Crippen molar-refractivity contribution in [1.82, 2.24) is 0 Å². The third-order valence-electron chi connectivity index (χ3n) is 3.62. The van der Waals surface area contributed by atoms with Crippen LogP contribution in [-0.4, -0.2) is 44.2 Å². The van der Waals surface area contributed by atoms with Crippen LogP contribution in [0, 0.1) is 10.1 Å². The van der Waals surface area contributed by atoms with E-state index in [9.17, 15) is 19.7 Å². The molecule has 0 spiro atoms. The molecular weight excluding hydrogens is 354 g/mol. The first-order valence-corrected chi connectivity index (χ1v) is 7.97. The Hall–Kier alpha value is -3.46. The Morgan fingerprint density at radius 2 is 1.93 bits per heavy atom. The number of nitro benzene ring substituents is 1. The van der Waals surface area contributed by atoms with Crippen molar-refractivity contribution in [3.05, 3.63) is 63.7 Å². The molecule has 2 aromatic rings. The number of anilines is 2. The maximum Gasteiger partial charge on any atom is 0.337 e. The standard InChI is InChI=1S/C18H19N3O6/c1-26-9-8-19-16-7-6-14(21(24)25)11-15(16)17(22)20-13-5-3-4-12(10-13)18(23)27-2/h3-7,10-11,19H,8-9H2,1-2H3,(H,20,22). The third-order valence-corrected chi connectivity index (χ3v) is 3.62. The predicted octanol–water partition coefficient (Wildman–Crippen LogP) is 2.69. The number of carbonyl (C=O) groups excluding carboxylic acids is 2. The molecule has 0 heterocycles. The Balaban J connectivity index is 2.29. The highest BCUT2D eigenvalue weighted by molar-refractivity contribution is 6.08. The summed E-state index contributed by atoms with van der Waals surface area (Å²) in [6.45, 7) is 0.825. The highest BCUT2D eigenvalue weighted by atomic mass is 16.6. The molecule has 0 unspecified atom stereocenters. The van der Waals surface area contributed by atoms with E-state index in [1.807, 2.05) is 0 Å². The summed E-state index contributed by atoms with van der Waals surface area (Å²) < 4.78 is 9.60. The van der Waals surface area contributed by atoms with Gasteiger partial charge in [0, 0.05) is 37.2 Å². The lowest BCUT2D eigenvalue weighted by molar-refractivity contribution is -0.384. The van der Waals surface area contributed by atoms with E-state index in [1.54, 1.807) is 25.3 Å². The number of rotatable bonds is 8. The molecule has 0 aliphatic rings. The number of hydrogen-bond donors (Lipinski definition) is 2. The number of ether oxygens (including phenoxy) is 2. The first-order valence-electron chi connectivity index (χ1n) is 7.97. The summed E-state index contributed by atoms with van der Waals surface area (Å²) >= 11 is 0. The first-order chi connectivity index (χ1) is 13.0. The number of nitro groups is 1. The summed E-state index contributed by atoms with van der Waals surface area (Å²) in [6, 6.07) is 10.2. The van der Waals surface area contributed by atoms with Crippen LogP contribution in [0.3, 0.4) is 0 Å². The highest BCUT2D eigenvalue weighted by Crippen LogP contribution is 2.23. The van der Waals surface area contributed by atoms with Crippen molar-refractivity contribution in [2.45, 2.75) is 0 Å². The quantitative estimate of drug-likeness (QED) is 0.316. The van der Waals surface area contributed by atoms with Gasteiger partial charge in [0.25, 0.3) is 11.6 Å². The van der Waals surface area contributed by atoms with Crippen molar-refractivity contribution < 1.29 is 24.0 Å². The summed E-state index contributed by atoms with van der Waals surface area (Å²) in [6.07, 6.45) is 0. The number of amides is 1. The normalized spacial score (nSPS) is 10.1. The van der Waals surface area contributed by atoms with Crippen molar-refractivity contribution >= 4 is 28.9 Å². The van der Waals surface area contributed by atoms with Crippen LogP contribution >= 0.6 is 0 Å². The predicted molar refractivity (Wildman–Crippen MR) is 99.2 cm³/mol. The van der Waals surface area contributed by atoms with E-state index in [4.69, 9.17) is 4.74 Å². The van der Waals surface area contributed by atoms with Crippen LogP contribution in [0.5, 0.6) is 0 Å². The Labute approximate surface area is 155 Å². The maximum atomic E-state index is 12.7. The van der Waals surface area contributed by atoms with Gasteiger partial charge in [0.1, 0.15) is 0 Å². The summed E-state index contributed by atoms with van der Waals surface area (Å²) in [7, 11) is 2.80. The maximum absolute atomic E-state index is 12.7. The van der Waals surface area contributed by atoms with E-state index >= 15 is 0 Å². The molecule has 0 atom stereocenters. The molecule has 0 aromatic heterocycles. The van der Waals surface area contributed by atoms with E-state index in [1.165, 1.54) is 31.4 Å². The first kappa shape index (κ1) is 19.9. The smallest absolute Gasteiger partial charge is 0.337 e. The van der Waals surface area contributed by atoms with Crippen molar-refractivity contribution in [3.63, 3.8) is 0 Å². The topological polar surface area (TPSA) is 120 Å². The number of hydrogen-bond acceptors (Lipinski definition) is 7. The van der Waals surface area contributed by atoms with E-state index in [0.717, 1.165) is 0 Å². The number of benzene rings is 2. The van der Waals surface area contributed by atoms with Gasteiger partial charge in [-0.3, -0.25) is 14.9 Å². The zero-order valence-electron chi connectivity index (χ0n) is 14.9. The summed E-state index contributed by atoms with van der Waals surface area (Å²) in [5.41, 5.74) is 0.953. The van der Waals surface area contributed by atoms with Crippen LogP contribution < -0.4 is 10.6 Å². The summed E-state index contributed by atoms with van der Waals surface area (Å²) in [5.74, 6) is -1.09. The van der Waals surface area contributed by atoms with Gasteiger partial charge < -0.3 is 20.1 Å². The van der Waals surface area contributed by atoms with Crippen molar-refractivity contribution in [2.24, 2.45) is 0 Å². The molecule has 2 rings (SSSR count). The number of esters is 1. The summed E-state index contributed by atoms with van der Waals surface area (Å²) in [4.78, 5) is 34.7. The average Bonchev–Trinajstić information content (AvgIpc) is 2.67. The molecule has 0 saturated carbocycles. The monoisotopic (exact) mass is 373 g/mol. The average molecular weight is 373 g/mol. The molecule has 0 bridgehead atoms. The lowest BCUT2D eigenvalue weighted by atomic mass is 10.1. The van der Waals surface area contributed by atoms with E-state index in [-0.39, 0.29) is 16.8 Å². The van der Waals surface area contributed by atoms with E-state index in [2.05, 4.69) is 15.4 Å². The molecule has 2 aromatic carbocycles. The zero-order valence-corrected chi connectivity index (χ0v) is 14.9. The van der Waals surface area contributed by atoms with Crippen molar-refractivity contribution in [2.75, 3.05) is 38.0 Å². The molecule has 0 fully saturated rings. The van der Waals surface area contributed by atoms with Gasteiger partial charge in [-0.15, -0.1) is 0 Å². The van der Waals surface area contributed by atoms with Gasteiger partial charge in [0.05, 0.1) is 29.8 Å². The minimum absolute atomic E-state index is 0.101. The van der Waals surface area contributed by atoms with Crippen LogP contribution in [0.15, 0.2) is 42.5 Å². The number of nitrogens with zero attached hydrogens (tertiary/aromatic N) is 1. The molecule has 9 nitrogen and oxygen atoms in total. The van der Waals surface area contributed by atoms with Crippen molar-refractivity contribution in [3.8, 4) is 0 Å². The van der Waals surface area contributed by atoms with Gasteiger partial charge in [-0.1, -0.05) is 6.07 Å². The largest absolute Gasteiger partial charge is 0.465 e. The van der Waals surface area contributed by atoms with Crippen LogP contribution in [-0.2, 0) is 9.47 Å². The van der Waals surface area contributed by atoms with Gasteiger partial charge in [0.2, 0.25) is 0 Å². The number of methoxy groups -OCH3 is 2. The molecule has 27 heavy (non-hydrogen) atoms. The summed E-state index contributed by atoms with van der Waals surface area (Å²) in [5, 5.41) is 16.7. The number of non-ortho nitro benzene ring substituents is 1. The van der Waals surface area contributed by atoms with E-state index in [0.29, 0.717) is 24.5 Å². The van der Waals surface area contributed by atoms with Crippen LogP contribution in [0.25, 0.3) is 0 Å². The van der Waals surface area contributed by atoms with Crippen molar-refractivity contribution in [1.29, 1.82) is 0 Å². The molecule has 142 valence electrons. The van der Waals surface area contributed by atoms with Crippen LogP contribution in [0.2, 0.25) is 0 Å². The second-order valence-electron chi connectivity index (χ2n) is 5.43. The van der Waals surface area contributed by atoms with Gasteiger partial charge in [-0.2, -0.15) is 0 Å². The molecule has 0 saturated heterocycles. The molecule has 0 radical (unpaired) electrons. The fourth-order valence-corrected chi connectivity index (χ4v) is 2.32. The Morgan fingerprint density at radius 1 is 1.15 bits per heavy atom. The Kier molecular flexibility index (Phi) is 6.84. The number of carbonyl (C=O) groups is 2. The molecule has 0 aliphatic heterocycles. The molecular formula is C18H19N3O6. The van der Waals surface area contributed by atoms with Crippen LogP contribution in [0.1, 0.15) is 20.7 Å².